The van der Waals surface area contributed by atoms with Crippen molar-refractivity contribution in [3.05, 3.63) is 68.9 Å². The number of carbonyl (C=O) groups excluding carboxylic acids is 2. The van der Waals surface area contributed by atoms with Crippen LogP contribution in [0.15, 0.2) is 41.5 Å². The van der Waals surface area contributed by atoms with E-state index in [9.17, 15) is 14.4 Å². The van der Waals surface area contributed by atoms with Gasteiger partial charge in [-0.2, -0.15) is 0 Å². The Kier molecular flexibility index (Phi) is 9.12. The van der Waals surface area contributed by atoms with Crippen LogP contribution in [-0.4, -0.2) is 87.6 Å². The van der Waals surface area contributed by atoms with Gasteiger partial charge in [-0.05, 0) is 43.7 Å². The number of carbonyl (C=O) groups is 2. The van der Waals surface area contributed by atoms with E-state index in [0.717, 1.165) is 5.56 Å². The number of likely N-dealkylation sites (N-methyl/N-ethyl adjacent to an activating group) is 1. The molecule has 42 heavy (non-hydrogen) atoms. The summed E-state index contributed by atoms with van der Waals surface area (Å²) in [6.07, 6.45) is 3.75. The molecule has 0 unspecified atom stereocenters. The SMILES string of the molecule is CCOc1cc(CN2C[C@@H]3CC(=O)NCCN(C)C(=O)c4cccn(c4=O)Cc4cn(nn4)[C@@H]3C2)cc(Cl)c1OCC. The maximum absolute atomic E-state index is 13.1. The fraction of sp³-hybridized carbons (Fsp3) is 0.483. The van der Waals surface area contributed by atoms with Crippen LogP contribution in [0.2, 0.25) is 5.02 Å². The lowest BCUT2D eigenvalue weighted by Gasteiger charge is -2.20. The van der Waals surface area contributed by atoms with E-state index in [1.807, 2.05) is 32.2 Å². The number of aromatic nitrogens is 4. The summed E-state index contributed by atoms with van der Waals surface area (Å²) in [5.74, 6) is 0.601. The molecule has 5 rings (SSSR count). The quantitative estimate of drug-likeness (QED) is 0.459. The molecule has 0 radical (unpaired) electrons. The van der Waals surface area contributed by atoms with Crippen LogP contribution in [0.5, 0.6) is 11.5 Å². The largest absolute Gasteiger partial charge is 0.490 e. The molecule has 4 heterocycles. The van der Waals surface area contributed by atoms with Crippen LogP contribution in [0.3, 0.4) is 0 Å². The topological polar surface area (TPSA) is 124 Å². The third-order valence-electron chi connectivity index (χ3n) is 7.59. The van der Waals surface area contributed by atoms with Crippen LogP contribution >= 0.6 is 11.6 Å². The van der Waals surface area contributed by atoms with Crippen LogP contribution in [0.25, 0.3) is 0 Å². The van der Waals surface area contributed by atoms with E-state index >= 15 is 0 Å². The zero-order valence-corrected chi connectivity index (χ0v) is 24.8. The van der Waals surface area contributed by atoms with Gasteiger partial charge in [-0.15, -0.1) is 5.10 Å². The number of benzene rings is 1. The average Bonchev–Trinajstić information content (AvgIpc) is 3.57. The molecule has 0 saturated carbocycles. The lowest BCUT2D eigenvalue weighted by Crippen LogP contribution is -2.39. The van der Waals surface area contributed by atoms with Gasteiger partial charge in [0, 0.05) is 58.3 Å². The highest BCUT2D eigenvalue weighted by atomic mass is 35.5. The lowest BCUT2D eigenvalue weighted by atomic mass is 9.99. The highest BCUT2D eigenvalue weighted by molar-refractivity contribution is 6.32. The van der Waals surface area contributed by atoms with E-state index in [1.54, 1.807) is 24.0 Å². The van der Waals surface area contributed by atoms with Gasteiger partial charge in [-0.1, -0.05) is 16.8 Å². The Morgan fingerprint density at radius 1 is 1.12 bits per heavy atom. The summed E-state index contributed by atoms with van der Waals surface area (Å²) in [5.41, 5.74) is 1.23. The molecular formula is C29H36ClN7O5. The van der Waals surface area contributed by atoms with Gasteiger partial charge < -0.3 is 24.3 Å². The number of halogens is 1. The van der Waals surface area contributed by atoms with Gasteiger partial charge in [-0.25, -0.2) is 4.68 Å². The van der Waals surface area contributed by atoms with E-state index in [1.165, 1.54) is 15.5 Å². The van der Waals surface area contributed by atoms with E-state index in [0.29, 0.717) is 61.5 Å². The standard InChI is InChI=1S/C29H36ClN7O5/c1-4-41-25-12-19(11-23(30)27(25)42-5-2)14-35-15-20-13-26(38)31-8-10-34(3)28(39)22-7-6-9-36(29(22)40)16-21-17-37(33-32-21)24(20)18-35/h6-7,9,11-12,17,20,24H,4-5,8,10,13-16,18H2,1-3H3,(H,31,38)/t20-,24+/m0/s1. The van der Waals surface area contributed by atoms with Crippen molar-refractivity contribution < 1.29 is 19.1 Å². The Labute approximate surface area is 249 Å². The Morgan fingerprint density at radius 3 is 2.71 bits per heavy atom. The fourth-order valence-electron chi connectivity index (χ4n) is 5.62. The number of likely N-dealkylation sites (tertiary alicyclic amines) is 1. The van der Waals surface area contributed by atoms with E-state index in [4.69, 9.17) is 21.1 Å². The van der Waals surface area contributed by atoms with Crippen molar-refractivity contribution in [2.45, 2.75) is 39.4 Å². The van der Waals surface area contributed by atoms with Crippen LogP contribution < -0.4 is 20.3 Å². The number of pyridine rings is 1. The van der Waals surface area contributed by atoms with Gasteiger partial charge in [0.15, 0.2) is 11.5 Å². The highest BCUT2D eigenvalue weighted by Crippen LogP contribution is 2.38. The van der Waals surface area contributed by atoms with Crippen LogP contribution in [0, 0.1) is 5.92 Å². The first-order valence-corrected chi connectivity index (χ1v) is 14.6. The van der Waals surface area contributed by atoms with Crippen molar-refractivity contribution in [3.63, 3.8) is 0 Å². The molecular weight excluding hydrogens is 562 g/mol. The molecule has 2 atom stereocenters. The summed E-state index contributed by atoms with van der Waals surface area (Å²) in [6, 6.07) is 6.92. The second-order valence-electron chi connectivity index (χ2n) is 10.6. The summed E-state index contributed by atoms with van der Waals surface area (Å²) in [7, 11) is 1.62. The van der Waals surface area contributed by atoms with Crippen molar-refractivity contribution in [1.29, 1.82) is 0 Å². The first kappa shape index (κ1) is 29.6. The van der Waals surface area contributed by atoms with Gasteiger partial charge in [0.25, 0.3) is 11.5 Å². The van der Waals surface area contributed by atoms with Gasteiger partial charge in [0.05, 0.1) is 37.0 Å². The maximum atomic E-state index is 13.1. The Hall–Kier alpha value is -3.90. The molecule has 2 amide bonds. The molecule has 12 nitrogen and oxygen atoms in total. The minimum absolute atomic E-state index is 0.0394. The second-order valence-corrected chi connectivity index (χ2v) is 11.0. The monoisotopic (exact) mass is 597 g/mol. The molecule has 1 saturated heterocycles. The predicted molar refractivity (Wildman–Crippen MR) is 156 cm³/mol. The normalized spacial score (nSPS) is 19.9. The fourth-order valence-corrected chi connectivity index (χ4v) is 5.90. The van der Waals surface area contributed by atoms with E-state index in [2.05, 4.69) is 20.5 Å². The molecule has 224 valence electrons. The minimum Gasteiger partial charge on any atom is -0.490 e. The first-order valence-electron chi connectivity index (χ1n) is 14.2. The smallest absolute Gasteiger partial charge is 0.263 e. The van der Waals surface area contributed by atoms with Crippen molar-refractivity contribution in [1.82, 2.24) is 34.7 Å². The summed E-state index contributed by atoms with van der Waals surface area (Å²) in [5, 5.41) is 12.1. The predicted octanol–water partition coefficient (Wildman–Crippen LogP) is 2.20. The van der Waals surface area contributed by atoms with Crippen LogP contribution in [0.4, 0.5) is 0 Å². The third-order valence-corrected chi connectivity index (χ3v) is 7.87. The molecule has 1 N–H and O–H groups in total. The molecule has 1 aromatic carbocycles. The number of hydrogen-bond donors (Lipinski definition) is 1. The van der Waals surface area contributed by atoms with Gasteiger partial charge >= 0.3 is 0 Å². The van der Waals surface area contributed by atoms with E-state index < -0.39 is 11.5 Å². The van der Waals surface area contributed by atoms with Crippen LogP contribution in [-0.2, 0) is 17.9 Å². The van der Waals surface area contributed by atoms with Crippen molar-refractivity contribution in [2.75, 3.05) is 46.4 Å². The highest BCUT2D eigenvalue weighted by Gasteiger charge is 2.36. The van der Waals surface area contributed by atoms with Gasteiger partial charge in [-0.3, -0.25) is 19.3 Å². The molecule has 2 aliphatic heterocycles. The van der Waals surface area contributed by atoms with Crippen molar-refractivity contribution in [2.24, 2.45) is 5.92 Å². The van der Waals surface area contributed by atoms with E-state index in [-0.39, 0.29) is 43.1 Å². The summed E-state index contributed by atoms with van der Waals surface area (Å²) in [6.45, 7) is 7.40. The van der Waals surface area contributed by atoms with Crippen molar-refractivity contribution >= 4 is 23.4 Å². The summed E-state index contributed by atoms with van der Waals surface area (Å²) >= 11 is 6.57. The Bertz CT molecular complexity index is 1510. The zero-order valence-electron chi connectivity index (χ0n) is 24.1. The van der Waals surface area contributed by atoms with Gasteiger partial charge in [0.2, 0.25) is 5.91 Å². The lowest BCUT2D eigenvalue weighted by molar-refractivity contribution is -0.122. The van der Waals surface area contributed by atoms with Crippen molar-refractivity contribution in [3.8, 4) is 11.5 Å². The number of ether oxygens (including phenoxy) is 2. The molecule has 0 aliphatic carbocycles. The molecule has 0 spiro atoms. The average molecular weight is 598 g/mol. The molecule has 13 heteroatoms. The Balaban J connectivity index is 1.41. The van der Waals surface area contributed by atoms with Gasteiger partial charge in [0.1, 0.15) is 11.3 Å². The molecule has 2 aliphatic rings. The number of hydrogen-bond acceptors (Lipinski definition) is 8. The number of fused-ring (bicyclic) bond motifs is 6. The molecule has 3 aromatic rings. The molecule has 2 aromatic heterocycles. The summed E-state index contributed by atoms with van der Waals surface area (Å²) in [4.78, 5) is 42.7. The number of nitrogens with one attached hydrogen (secondary N) is 1. The Morgan fingerprint density at radius 2 is 1.93 bits per heavy atom. The summed E-state index contributed by atoms with van der Waals surface area (Å²) < 4.78 is 14.8. The number of rotatable bonds is 6. The first-order chi connectivity index (χ1) is 20.3. The maximum Gasteiger partial charge on any atom is 0.263 e. The van der Waals surface area contributed by atoms with Crippen LogP contribution in [0.1, 0.15) is 47.9 Å². The third kappa shape index (κ3) is 6.44. The molecule has 4 bridgehead atoms. The molecule has 1 fully saturated rings. The minimum atomic E-state index is -0.398. The zero-order chi connectivity index (χ0) is 29.8. The number of amides is 2. The second kappa shape index (κ2) is 13.0. The number of nitrogens with zero attached hydrogens (tertiary/aromatic N) is 6.